The summed E-state index contributed by atoms with van der Waals surface area (Å²) in [7, 11) is 0. The van der Waals surface area contributed by atoms with Crippen molar-refractivity contribution in [2.45, 2.75) is 27.2 Å². The molecular formula is C6H12N2OS. The summed E-state index contributed by atoms with van der Waals surface area (Å²) < 4.78 is 3.89. The maximum atomic E-state index is 10.5. The smallest absolute Gasteiger partial charge is 0.299 e. The zero-order valence-electron chi connectivity index (χ0n) is 5.34. The van der Waals surface area contributed by atoms with Gasteiger partial charge < -0.3 is 0 Å². The fourth-order valence-electron chi connectivity index (χ4n) is 0.491. The van der Waals surface area contributed by atoms with Crippen molar-refractivity contribution < 1.29 is 0 Å². The van der Waals surface area contributed by atoms with Gasteiger partial charge in [0.15, 0.2) is 0 Å². The zero-order chi connectivity index (χ0) is 6.85. The van der Waals surface area contributed by atoms with Gasteiger partial charge in [0, 0.05) is 17.5 Å². The van der Waals surface area contributed by atoms with Gasteiger partial charge in [0.05, 0.1) is 0 Å². The van der Waals surface area contributed by atoms with Crippen molar-refractivity contribution in [2.24, 2.45) is 0 Å². The van der Waals surface area contributed by atoms with Crippen LogP contribution in [0.3, 0.4) is 0 Å². The Hall–Kier alpha value is -0.640. The molecule has 1 aromatic rings. The van der Waals surface area contributed by atoms with Crippen LogP contribution in [0.1, 0.15) is 33.0 Å². The van der Waals surface area contributed by atoms with Crippen LogP contribution in [0.25, 0.3) is 0 Å². The summed E-state index contributed by atoms with van der Waals surface area (Å²) in [5.41, 5.74) is 0. The molecule has 0 unspecified atom stereocenters. The third-order valence-electron chi connectivity index (χ3n) is 1.00. The van der Waals surface area contributed by atoms with E-state index in [9.17, 15) is 4.79 Å². The molecule has 0 radical (unpaired) electrons. The maximum absolute atomic E-state index is 10.5. The molecule has 0 aromatic carbocycles. The Labute approximate surface area is 64.3 Å². The predicted molar refractivity (Wildman–Crippen MR) is 43.6 cm³/mol. The second-order valence-electron chi connectivity index (χ2n) is 2.13. The van der Waals surface area contributed by atoms with E-state index in [-0.39, 0.29) is 12.3 Å². The van der Waals surface area contributed by atoms with E-state index in [1.165, 1.54) is 0 Å². The Bertz CT molecular complexity index is 238. The van der Waals surface area contributed by atoms with E-state index in [0.717, 1.165) is 17.4 Å². The SMILES string of the molecule is C.CC(C)c1nsc(=O)[nH]1. The first-order valence-electron chi connectivity index (χ1n) is 2.76. The lowest BCUT2D eigenvalue weighted by Crippen LogP contribution is -1.96. The second kappa shape index (κ2) is 3.51. The molecule has 1 aromatic heterocycles. The van der Waals surface area contributed by atoms with Gasteiger partial charge in [-0.15, -0.1) is 0 Å². The molecule has 3 nitrogen and oxygen atoms in total. The van der Waals surface area contributed by atoms with Crippen molar-refractivity contribution in [3.63, 3.8) is 0 Å². The fourth-order valence-corrected chi connectivity index (χ4v) is 1.08. The molecule has 0 atom stereocenters. The number of nitrogens with one attached hydrogen (secondary N) is 1. The number of aromatic amines is 1. The lowest BCUT2D eigenvalue weighted by atomic mass is 10.2. The second-order valence-corrected chi connectivity index (χ2v) is 2.87. The number of nitrogens with zero attached hydrogens (tertiary/aromatic N) is 1. The van der Waals surface area contributed by atoms with Gasteiger partial charge in [0.2, 0.25) is 0 Å². The summed E-state index contributed by atoms with van der Waals surface area (Å²) in [6, 6.07) is 0. The van der Waals surface area contributed by atoms with Crippen LogP contribution in [0, 0.1) is 0 Å². The van der Waals surface area contributed by atoms with Gasteiger partial charge in [0.25, 0.3) is 0 Å². The van der Waals surface area contributed by atoms with Crippen molar-refractivity contribution in [1.29, 1.82) is 0 Å². The molecule has 0 amide bonds. The van der Waals surface area contributed by atoms with Crippen LogP contribution >= 0.6 is 11.5 Å². The summed E-state index contributed by atoms with van der Waals surface area (Å²) in [6.45, 7) is 3.98. The molecule has 0 aliphatic rings. The Morgan fingerprint density at radius 3 is 2.40 bits per heavy atom. The summed E-state index contributed by atoms with van der Waals surface area (Å²) in [5.74, 6) is 1.11. The quantitative estimate of drug-likeness (QED) is 0.678. The van der Waals surface area contributed by atoms with Crippen LogP contribution in [-0.4, -0.2) is 9.36 Å². The molecular weight excluding hydrogens is 148 g/mol. The van der Waals surface area contributed by atoms with Crippen LogP contribution < -0.4 is 4.87 Å². The van der Waals surface area contributed by atoms with E-state index in [4.69, 9.17) is 0 Å². The lowest BCUT2D eigenvalue weighted by Gasteiger charge is -1.93. The van der Waals surface area contributed by atoms with Crippen LogP contribution in [0.4, 0.5) is 0 Å². The Morgan fingerprint density at radius 1 is 1.60 bits per heavy atom. The van der Waals surface area contributed by atoms with Crippen LogP contribution in [0.15, 0.2) is 4.79 Å². The van der Waals surface area contributed by atoms with E-state index >= 15 is 0 Å². The Morgan fingerprint density at radius 2 is 2.20 bits per heavy atom. The first-order chi connectivity index (χ1) is 4.20. The Balaban J connectivity index is 0.000000810. The van der Waals surface area contributed by atoms with Gasteiger partial charge in [-0.2, -0.15) is 4.37 Å². The van der Waals surface area contributed by atoms with Gasteiger partial charge in [-0.1, -0.05) is 21.3 Å². The molecule has 0 saturated heterocycles. The highest BCUT2D eigenvalue weighted by molar-refractivity contribution is 7.02. The van der Waals surface area contributed by atoms with Crippen molar-refractivity contribution in [1.82, 2.24) is 9.36 Å². The van der Waals surface area contributed by atoms with Crippen LogP contribution in [0.5, 0.6) is 0 Å². The minimum absolute atomic E-state index is 0. The monoisotopic (exact) mass is 160 g/mol. The minimum Gasteiger partial charge on any atom is -0.299 e. The van der Waals surface area contributed by atoms with Gasteiger partial charge >= 0.3 is 4.87 Å². The molecule has 1 N–H and O–H groups in total. The van der Waals surface area contributed by atoms with Crippen LogP contribution in [0.2, 0.25) is 0 Å². The average Bonchev–Trinajstić information content (AvgIpc) is 2.14. The highest BCUT2D eigenvalue weighted by Gasteiger charge is 2.01. The number of aromatic nitrogens is 2. The number of hydrogen-bond acceptors (Lipinski definition) is 3. The number of rotatable bonds is 1. The first-order valence-corrected chi connectivity index (χ1v) is 3.53. The Kier molecular flexibility index (Phi) is 3.28. The molecule has 0 aliphatic heterocycles. The zero-order valence-corrected chi connectivity index (χ0v) is 6.16. The highest BCUT2D eigenvalue weighted by atomic mass is 32.1. The first kappa shape index (κ1) is 9.36. The molecule has 0 bridgehead atoms. The molecule has 1 rings (SSSR count). The lowest BCUT2D eigenvalue weighted by molar-refractivity contribution is 0.795. The summed E-state index contributed by atoms with van der Waals surface area (Å²) in [5, 5.41) is 0. The average molecular weight is 160 g/mol. The van der Waals surface area contributed by atoms with Crippen molar-refractivity contribution in [3.05, 3.63) is 15.5 Å². The van der Waals surface area contributed by atoms with Crippen molar-refractivity contribution in [3.8, 4) is 0 Å². The fraction of sp³-hybridized carbons (Fsp3) is 0.667. The van der Waals surface area contributed by atoms with Gasteiger partial charge in [0.1, 0.15) is 5.82 Å². The summed E-state index contributed by atoms with van der Waals surface area (Å²) in [6.07, 6.45) is 0. The molecule has 0 aliphatic carbocycles. The van der Waals surface area contributed by atoms with E-state index < -0.39 is 0 Å². The highest BCUT2D eigenvalue weighted by Crippen LogP contribution is 2.05. The van der Waals surface area contributed by atoms with Crippen LogP contribution in [-0.2, 0) is 0 Å². The molecule has 0 fully saturated rings. The third-order valence-corrected chi connectivity index (χ3v) is 1.56. The van der Waals surface area contributed by atoms with E-state index in [0.29, 0.717) is 5.92 Å². The topological polar surface area (TPSA) is 45.8 Å². The van der Waals surface area contributed by atoms with E-state index in [1.807, 2.05) is 13.8 Å². The molecule has 1 heterocycles. The van der Waals surface area contributed by atoms with Gasteiger partial charge in [-0.3, -0.25) is 9.78 Å². The number of H-pyrrole nitrogens is 1. The molecule has 0 spiro atoms. The van der Waals surface area contributed by atoms with Gasteiger partial charge in [-0.05, 0) is 0 Å². The number of hydrogen-bond donors (Lipinski definition) is 1. The summed E-state index contributed by atoms with van der Waals surface area (Å²) >= 11 is 0.972. The van der Waals surface area contributed by atoms with Crippen molar-refractivity contribution >= 4 is 11.5 Å². The minimum atomic E-state index is -0.0706. The van der Waals surface area contributed by atoms with E-state index in [1.54, 1.807) is 0 Å². The largest absolute Gasteiger partial charge is 0.323 e. The molecule has 58 valence electrons. The van der Waals surface area contributed by atoms with E-state index in [2.05, 4.69) is 9.36 Å². The predicted octanol–water partition coefficient (Wildman–Crippen LogP) is 1.59. The molecule has 0 saturated carbocycles. The normalized spacial score (nSPS) is 9.50. The standard InChI is InChI=1S/C5H8N2OS.CH4/c1-3(2)4-6-5(8)9-7-4;/h3H,1-2H3,(H,6,7,8);1H4. The molecule has 4 heteroatoms. The van der Waals surface area contributed by atoms with Gasteiger partial charge in [-0.25, -0.2) is 0 Å². The summed E-state index contributed by atoms with van der Waals surface area (Å²) in [4.78, 5) is 13.1. The third kappa shape index (κ3) is 1.95. The van der Waals surface area contributed by atoms with Crippen molar-refractivity contribution in [2.75, 3.05) is 0 Å². The molecule has 10 heavy (non-hydrogen) atoms. The maximum Gasteiger partial charge on any atom is 0.323 e.